The van der Waals surface area contributed by atoms with Crippen LogP contribution in [-0.4, -0.2) is 53.2 Å². The molecule has 0 saturated heterocycles. The molecule has 0 spiro atoms. The zero-order valence-corrected chi connectivity index (χ0v) is 15.8. The summed E-state index contributed by atoms with van der Waals surface area (Å²) in [5.41, 5.74) is 1.77. The molecule has 1 rings (SSSR count). The van der Waals surface area contributed by atoms with E-state index in [0.29, 0.717) is 12.2 Å². The second-order valence-corrected chi connectivity index (χ2v) is 7.32. The standard InChI is InChI=1S/C17H24N2O6S/c1-13-4-6-15(7-5-13)8-9-26(22,23)18-10-17(21)25-12-16(20)19-14(2)11-24-3/h4-9,14,18H,10-12H2,1-3H3,(H,19,20)/b9-8+/t14-/m0/s1. The Morgan fingerprint density at radius 1 is 1.23 bits per heavy atom. The lowest BCUT2D eigenvalue weighted by molar-refractivity contribution is -0.147. The molecule has 9 heteroatoms. The number of carbonyl (C=O) groups is 2. The van der Waals surface area contributed by atoms with Crippen LogP contribution in [0.25, 0.3) is 6.08 Å². The maximum Gasteiger partial charge on any atom is 0.321 e. The first kappa shape index (κ1) is 21.8. The van der Waals surface area contributed by atoms with Crippen LogP contribution in [0.2, 0.25) is 0 Å². The van der Waals surface area contributed by atoms with Gasteiger partial charge in [0.2, 0.25) is 10.0 Å². The number of nitrogens with one attached hydrogen (secondary N) is 2. The molecule has 0 aliphatic rings. The SMILES string of the molecule is COC[C@H](C)NC(=O)COC(=O)CNS(=O)(=O)/C=C/c1ccc(C)cc1. The van der Waals surface area contributed by atoms with Crippen LogP contribution in [-0.2, 0) is 29.1 Å². The average molecular weight is 384 g/mol. The highest BCUT2D eigenvalue weighted by molar-refractivity contribution is 7.92. The Labute approximate surface area is 153 Å². The van der Waals surface area contributed by atoms with Gasteiger partial charge in [-0.3, -0.25) is 9.59 Å². The van der Waals surface area contributed by atoms with E-state index in [1.807, 2.05) is 19.1 Å². The number of carbonyl (C=O) groups excluding carboxylic acids is 2. The number of aryl methyl sites for hydroxylation is 1. The molecule has 1 aromatic carbocycles. The van der Waals surface area contributed by atoms with Crippen molar-refractivity contribution in [2.75, 3.05) is 26.9 Å². The first-order chi connectivity index (χ1) is 12.2. The van der Waals surface area contributed by atoms with E-state index in [9.17, 15) is 18.0 Å². The summed E-state index contributed by atoms with van der Waals surface area (Å²) in [6, 6.07) is 7.04. The Morgan fingerprint density at radius 3 is 2.50 bits per heavy atom. The highest BCUT2D eigenvalue weighted by Crippen LogP contribution is 2.05. The molecular weight excluding hydrogens is 360 g/mol. The fraction of sp³-hybridized carbons (Fsp3) is 0.412. The smallest absolute Gasteiger partial charge is 0.321 e. The molecule has 26 heavy (non-hydrogen) atoms. The Hall–Kier alpha value is -2.23. The highest BCUT2D eigenvalue weighted by Gasteiger charge is 2.13. The van der Waals surface area contributed by atoms with Crippen molar-refractivity contribution in [1.29, 1.82) is 0 Å². The van der Waals surface area contributed by atoms with Crippen molar-refractivity contribution in [3.05, 3.63) is 40.8 Å². The van der Waals surface area contributed by atoms with Crippen LogP contribution in [0, 0.1) is 6.92 Å². The van der Waals surface area contributed by atoms with Crippen LogP contribution in [0.3, 0.4) is 0 Å². The van der Waals surface area contributed by atoms with Gasteiger partial charge in [-0.15, -0.1) is 0 Å². The van der Waals surface area contributed by atoms with E-state index < -0.39 is 35.1 Å². The van der Waals surface area contributed by atoms with Crippen molar-refractivity contribution in [2.24, 2.45) is 0 Å². The molecule has 8 nitrogen and oxygen atoms in total. The van der Waals surface area contributed by atoms with Gasteiger partial charge in [0.25, 0.3) is 5.91 Å². The van der Waals surface area contributed by atoms with Crippen LogP contribution in [0.5, 0.6) is 0 Å². The van der Waals surface area contributed by atoms with Crippen LogP contribution >= 0.6 is 0 Å². The topological polar surface area (TPSA) is 111 Å². The minimum absolute atomic E-state index is 0.225. The molecule has 1 amide bonds. The summed E-state index contributed by atoms with van der Waals surface area (Å²) in [4.78, 5) is 23.1. The zero-order valence-electron chi connectivity index (χ0n) is 15.0. The molecule has 0 radical (unpaired) electrons. The van der Waals surface area contributed by atoms with E-state index in [1.165, 1.54) is 13.2 Å². The quantitative estimate of drug-likeness (QED) is 0.571. The number of sulfonamides is 1. The molecule has 0 fully saturated rings. The summed E-state index contributed by atoms with van der Waals surface area (Å²) in [5, 5.41) is 3.52. The van der Waals surface area contributed by atoms with E-state index in [-0.39, 0.29) is 6.04 Å². The van der Waals surface area contributed by atoms with Crippen molar-refractivity contribution in [3.63, 3.8) is 0 Å². The Kier molecular flexibility index (Phi) is 8.97. The van der Waals surface area contributed by atoms with Gasteiger partial charge < -0.3 is 14.8 Å². The zero-order chi connectivity index (χ0) is 19.6. The van der Waals surface area contributed by atoms with Gasteiger partial charge in [0.1, 0.15) is 6.54 Å². The summed E-state index contributed by atoms with van der Waals surface area (Å²) in [7, 11) is -2.30. The van der Waals surface area contributed by atoms with Crippen molar-refractivity contribution < 1.29 is 27.5 Å². The molecule has 0 heterocycles. The van der Waals surface area contributed by atoms with Crippen LogP contribution in [0.15, 0.2) is 29.7 Å². The van der Waals surface area contributed by atoms with Crippen LogP contribution < -0.4 is 10.0 Å². The molecule has 0 aliphatic heterocycles. The predicted octanol–water partition coefficient (Wildman–Crippen LogP) is 0.579. The van der Waals surface area contributed by atoms with Gasteiger partial charge in [-0.1, -0.05) is 29.8 Å². The lowest BCUT2D eigenvalue weighted by Gasteiger charge is -2.12. The highest BCUT2D eigenvalue weighted by atomic mass is 32.2. The minimum Gasteiger partial charge on any atom is -0.455 e. The summed E-state index contributed by atoms with van der Waals surface area (Å²) in [5.74, 6) is -1.35. The first-order valence-corrected chi connectivity index (χ1v) is 9.45. The van der Waals surface area contributed by atoms with Gasteiger partial charge >= 0.3 is 5.97 Å². The third-order valence-corrected chi connectivity index (χ3v) is 4.16. The Bertz CT molecular complexity index is 728. The molecule has 0 bridgehead atoms. The number of esters is 1. The van der Waals surface area contributed by atoms with Gasteiger partial charge in [0, 0.05) is 18.6 Å². The fourth-order valence-corrected chi connectivity index (χ4v) is 2.61. The van der Waals surface area contributed by atoms with Crippen molar-refractivity contribution in [3.8, 4) is 0 Å². The number of benzene rings is 1. The van der Waals surface area contributed by atoms with Gasteiger partial charge in [-0.25, -0.2) is 13.1 Å². The number of hydrogen-bond donors (Lipinski definition) is 2. The van der Waals surface area contributed by atoms with Gasteiger partial charge in [-0.2, -0.15) is 0 Å². The first-order valence-electron chi connectivity index (χ1n) is 7.90. The summed E-state index contributed by atoms with van der Waals surface area (Å²) >= 11 is 0. The maximum absolute atomic E-state index is 11.8. The lowest BCUT2D eigenvalue weighted by Crippen LogP contribution is -2.39. The number of ether oxygens (including phenoxy) is 2. The minimum atomic E-state index is -3.80. The maximum atomic E-state index is 11.8. The summed E-state index contributed by atoms with van der Waals surface area (Å²) < 4.78 is 35.3. The van der Waals surface area contributed by atoms with Gasteiger partial charge in [0.05, 0.1) is 6.61 Å². The Morgan fingerprint density at radius 2 is 1.88 bits per heavy atom. The van der Waals surface area contributed by atoms with Crippen molar-refractivity contribution >= 4 is 28.0 Å². The van der Waals surface area contributed by atoms with Crippen molar-refractivity contribution in [2.45, 2.75) is 19.9 Å². The molecule has 144 valence electrons. The monoisotopic (exact) mass is 384 g/mol. The summed E-state index contributed by atoms with van der Waals surface area (Å²) in [6.45, 7) is 2.93. The number of amides is 1. The van der Waals surface area contributed by atoms with E-state index >= 15 is 0 Å². The number of rotatable bonds is 10. The van der Waals surface area contributed by atoms with Gasteiger partial charge in [0.15, 0.2) is 6.61 Å². The molecule has 1 aromatic rings. The Balaban J connectivity index is 2.38. The molecular formula is C17H24N2O6S. The normalized spacial score (nSPS) is 12.7. The van der Waals surface area contributed by atoms with Gasteiger partial charge in [-0.05, 0) is 25.5 Å². The number of hydrogen-bond acceptors (Lipinski definition) is 6. The third kappa shape index (κ3) is 9.30. The molecule has 1 atom stereocenters. The van der Waals surface area contributed by atoms with Crippen molar-refractivity contribution in [1.82, 2.24) is 10.0 Å². The molecule has 0 aliphatic carbocycles. The molecule has 0 saturated carbocycles. The second kappa shape index (κ2) is 10.7. The molecule has 0 aromatic heterocycles. The lowest BCUT2D eigenvalue weighted by atomic mass is 10.2. The predicted molar refractivity (Wildman–Crippen MR) is 97.6 cm³/mol. The third-order valence-electron chi connectivity index (χ3n) is 3.12. The second-order valence-electron chi connectivity index (χ2n) is 5.66. The van der Waals surface area contributed by atoms with E-state index in [0.717, 1.165) is 11.0 Å². The summed E-state index contributed by atoms with van der Waals surface area (Å²) in [6.07, 6.45) is 1.41. The van der Waals surface area contributed by atoms with E-state index in [1.54, 1.807) is 19.1 Å². The largest absolute Gasteiger partial charge is 0.455 e. The molecule has 0 unspecified atom stereocenters. The van der Waals surface area contributed by atoms with Crippen LogP contribution in [0.4, 0.5) is 0 Å². The molecule has 2 N–H and O–H groups in total. The van der Waals surface area contributed by atoms with E-state index in [2.05, 4.69) is 10.0 Å². The fourth-order valence-electron chi connectivity index (χ4n) is 1.86. The van der Waals surface area contributed by atoms with E-state index in [4.69, 9.17) is 9.47 Å². The average Bonchev–Trinajstić information content (AvgIpc) is 2.58. The number of methoxy groups -OCH3 is 1. The van der Waals surface area contributed by atoms with Crippen LogP contribution in [0.1, 0.15) is 18.1 Å².